The highest BCUT2D eigenvalue weighted by Gasteiger charge is 2.23. The summed E-state index contributed by atoms with van der Waals surface area (Å²) in [5, 5.41) is 0. The molecule has 0 radical (unpaired) electrons. The molecule has 0 aliphatic heterocycles. The Morgan fingerprint density at radius 2 is 1.64 bits per heavy atom. The third kappa shape index (κ3) is 3.74. The number of likely N-dealkylation sites (N-methyl/N-ethyl adjacent to an activating group) is 1. The number of nitrogens with zero attached hydrogens (tertiary/aromatic N) is 1. The van der Waals surface area contributed by atoms with Crippen LogP contribution in [-0.4, -0.2) is 25.0 Å². The molecule has 2 aromatic carbocycles. The monoisotopic (exact) mass is 361 g/mol. The first-order valence-electron chi connectivity index (χ1n) is 6.79. The Balaban J connectivity index is 2.06. The Morgan fingerprint density at radius 1 is 1.05 bits per heavy atom. The van der Waals surface area contributed by atoms with Crippen molar-refractivity contribution >= 4 is 33.5 Å². The minimum atomic E-state index is -0.871. The van der Waals surface area contributed by atoms with E-state index < -0.39 is 12.1 Å². The van der Waals surface area contributed by atoms with E-state index in [4.69, 9.17) is 4.74 Å². The van der Waals surface area contributed by atoms with E-state index in [1.165, 1.54) is 4.90 Å². The molecule has 4 nitrogen and oxygen atoms in total. The smallest absolute Gasteiger partial charge is 0.340 e. The van der Waals surface area contributed by atoms with Gasteiger partial charge in [-0.15, -0.1) is 0 Å². The zero-order valence-corrected chi connectivity index (χ0v) is 13.9. The van der Waals surface area contributed by atoms with E-state index in [1.807, 2.05) is 30.3 Å². The van der Waals surface area contributed by atoms with E-state index in [1.54, 1.807) is 38.2 Å². The first kappa shape index (κ1) is 16.2. The molecule has 0 aliphatic rings. The molecule has 0 saturated heterocycles. The van der Waals surface area contributed by atoms with Crippen molar-refractivity contribution in [2.24, 2.45) is 0 Å². The number of anilines is 1. The largest absolute Gasteiger partial charge is 0.449 e. The predicted octanol–water partition coefficient (Wildman–Crippen LogP) is 3.66. The highest BCUT2D eigenvalue weighted by atomic mass is 79.9. The minimum Gasteiger partial charge on any atom is -0.449 e. The lowest BCUT2D eigenvalue weighted by Crippen LogP contribution is -2.37. The Morgan fingerprint density at radius 3 is 2.27 bits per heavy atom. The van der Waals surface area contributed by atoms with Crippen molar-refractivity contribution in [2.45, 2.75) is 13.0 Å². The number of para-hydroxylation sites is 1. The van der Waals surface area contributed by atoms with Crippen LogP contribution in [0.4, 0.5) is 5.69 Å². The van der Waals surface area contributed by atoms with Gasteiger partial charge in [-0.1, -0.05) is 30.3 Å². The van der Waals surface area contributed by atoms with Crippen molar-refractivity contribution in [1.82, 2.24) is 0 Å². The Bertz CT molecular complexity index is 673. The molecule has 0 spiro atoms. The third-order valence-electron chi connectivity index (χ3n) is 3.20. The van der Waals surface area contributed by atoms with Crippen molar-refractivity contribution in [1.29, 1.82) is 0 Å². The van der Waals surface area contributed by atoms with Crippen LogP contribution in [0.25, 0.3) is 0 Å². The zero-order valence-electron chi connectivity index (χ0n) is 12.3. The summed E-state index contributed by atoms with van der Waals surface area (Å²) in [5.41, 5.74) is 1.14. The molecule has 0 saturated carbocycles. The molecule has 1 amide bonds. The number of esters is 1. The van der Waals surface area contributed by atoms with Crippen LogP contribution in [0.3, 0.4) is 0 Å². The summed E-state index contributed by atoms with van der Waals surface area (Å²) in [7, 11) is 1.65. The number of hydrogen-bond donors (Lipinski definition) is 0. The van der Waals surface area contributed by atoms with Crippen molar-refractivity contribution in [2.75, 3.05) is 11.9 Å². The van der Waals surface area contributed by atoms with Gasteiger partial charge in [-0.05, 0) is 47.1 Å². The fraction of sp³-hybridized carbons (Fsp3) is 0.176. The third-order valence-corrected chi connectivity index (χ3v) is 3.89. The SMILES string of the molecule is CC(OC(=O)c1ccccc1Br)C(=O)N(C)c1ccccc1. The quantitative estimate of drug-likeness (QED) is 0.780. The highest BCUT2D eigenvalue weighted by Crippen LogP contribution is 2.18. The molecule has 22 heavy (non-hydrogen) atoms. The van der Waals surface area contributed by atoms with Gasteiger partial charge in [-0.25, -0.2) is 4.79 Å². The molecule has 114 valence electrons. The Labute approximate surface area is 137 Å². The van der Waals surface area contributed by atoms with Crippen LogP contribution in [0.15, 0.2) is 59.1 Å². The maximum Gasteiger partial charge on any atom is 0.340 e. The second kappa shape index (κ2) is 7.22. The lowest BCUT2D eigenvalue weighted by atomic mass is 10.2. The number of ether oxygens (including phenoxy) is 1. The van der Waals surface area contributed by atoms with Gasteiger partial charge >= 0.3 is 5.97 Å². The molecule has 5 heteroatoms. The number of rotatable bonds is 4. The lowest BCUT2D eigenvalue weighted by molar-refractivity contribution is -0.126. The van der Waals surface area contributed by atoms with Gasteiger partial charge in [0.2, 0.25) is 0 Å². The summed E-state index contributed by atoms with van der Waals surface area (Å²) < 4.78 is 5.90. The Kier molecular flexibility index (Phi) is 5.33. The van der Waals surface area contributed by atoms with Crippen LogP contribution in [0.2, 0.25) is 0 Å². The van der Waals surface area contributed by atoms with E-state index >= 15 is 0 Å². The maximum atomic E-state index is 12.3. The highest BCUT2D eigenvalue weighted by molar-refractivity contribution is 9.10. The van der Waals surface area contributed by atoms with Gasteiger partial charge in [0.05, 0.1) is 5.56 Å². The molecular weight excluding hydrogens is 346 g/mol. The van der Waals surface area contributed by atoms with Gasteiger partial charge in [-0.3, -0.25) is 4.79 Å². The molecule has 0 aliphatic carbocycles. The molecule has 2 aromatic rings. The molecule has 0 fully saturated rings. The molecule has 0 bridgehead atoms. The van der Waals surface area contributed by atoms with Crippen molar-refractivity contribution < 1.29 is 14.3 Å². The summed E-state index contributed by atoms with van der Waals surface area (Å²) in [6, 6.07) is 16.1. The molecule has 1 unspecified atom stereocenters. The van der Waals surface area contributed by atoms with Crippen LogP contribution in [-0.2, 0) is 9.53 Å². The fourth-order valence-electron chi connectivity index (χ4n) is 1.95. The average Bonchev–Trinajstić information content (AvgIpc) is 2.54. The number of halogens is 1. The first-order chi connectivity index (χ1) is 10.5. The number of carbonyl (C=O) groups excluding carboxylic acids is 2. The van der Waals surface area contributed by atoms with Gasteiger partial charge in [0.1, 0.15) is 0 Å². The van der Waals surface area contributed by atoms with Crippen LogP contribution in [0.5, 0.6) is 0 Å². The van der Waals surface area contributed by atoms with E-state index in [-0.39, 0.29) is 5.91 Å². The zero-order chi connectivity index (χ0) is 16.1. The van der Waals surface area contributed by atoms with Crippen molar-refractivity contribution in [3.8, 4) is 0 Å². The van der Waals surface area contributed by atoms with Gasteiger partial charge in [0.15, 0.2) is 6.10 Å². The molecule has 0 heterocycles. The first-order valence-corrected chi connectivity index (χ1v) is 7.58. The van der Waals surface area contributed by atoms with E-state index in [0.717, 1.165) is 5.69 Å². The van der Waals surface area contributed by atoms with Gasteiger partial charge in [-0.2, -0.15) is 0 Å². The number of carbonyl (C=O) groups is 2. The number of amides is 1. The molecule has 1 atom stereocenters. The van der Waals surface area contributed by atoms with Crippen LogP contribution in [0, 0.1) is 0 Å². The van der Waals surface area contributed by atoms with Gasteiger partial charge in [0.25, 0.3) is 5.91 Å². The molecule has 2 rings (SSSR count). The fourth-order valence-corrected chi connectivity index (χ4v) is 2.40. The second-order valence-electron chi connectivity index (χ2n) is 4.76. The topological polar surface area (TPSA) is 46.6 Å². The summed E-state index contributed by atoms with van der Waals surface area (Å²) in [5.74, 6) is -0.818. The van der Waals surface area contributed by atoms with Crippen molar-refractivity contribution in [3.63, 3.8) is 0 Å². The summed E-state index contributed by atoms with van der Waals surface area (Å²) in [6.07, 6.45) is -0.871. The molecule has 0 N–H and O–H groups in total. The van der Waals surface area contributed by atoms with E-state index in [2.05, 4.69) is 15.9 Å². The average molecular weight is 362 g/mol. The summed E-state index contributed by atoms with van der Waals surface area (Å²) in [6.45, 7) is 1.57. The minimum absolute atomic E-state index is 0.286. The van der Waals surface area contributed by atoms with Crippen molar-refractivity contribution in [3.05, 3.63) is 64.6 Å². The maximum absolute atomic E-state index is 12.3. The van der Waals surface area contributed by atoms with Gasteiger partial charge in [0, 0.05) is 17.2 Å². The normalized spacial score (nSPS) is 11.6. The van der Waals surface area contributed by atoms with E-state index in [0.29, 0.717) is 10.0 Å². The number of benzene rings is 2. The van der Waals surface area contributed by atoms with Crippen LogP contribution < -0.4 is 4.90 Å². The number of hydrogen-bond acceptors (Lipinski definition) is 3. The standard InChI is InChI=1S/C17H16BrNO3/c1-12(16(20)19(2)13-8-4-3-5-9-13)22-17(21)14-10-6-7-11-15(14)18/h3-12H,1-2H3. The Hall–Kier alpha value is -2.14. The van der Waals surface area contributed by atoms with E-state index in [9.17, 15) is 9.59 Å². The molecular formula is C17H16BrNO3. The summed E-state index contributed by atoms with van der Waals surface area (Å²) >= 11 is 3.29. The predicted molar refractivity (Wildman–Crippen MR) is 88.9 cm³/mol. The second-order valence-corrected chi connectivity index (χ2v) is 5.61. The molecule has 0 aromatic heterocycles. The summed E-state index contributed by atoms with van der Waals surface area (Å²) in [4.78, 5) is 25.9. The van der Waals surface area contributed by atoms with Gasteiger partial charge < -0.3 is 9.64 Å². The van der Waals surface area contributed by atoms with Crippen LogP contribution >= 0.6 is 15.9 Å². The lowest BCUT2D eigenvalue weighted by Gasteiger charge is -2.21. The van der Waals surface area contributed by atoms with Crippen LogP contribution in [0.1, 0.15) is 17.3 Å².